The van der Waals surface area contributed by atoms with E-state index in [2.05, 4.69) is 66.3 Å². The first-order chi connectivity index (χ1) is 12.5. The third-order valence-corrected chi connectivity index (χ3v) is 5.07. The average molecular weight is 383 g/mol. The van der Waals surface area contributed by atoms with Crippen LogP contribution in [0.1, 0.15) is 59.7 Å². The van der Waals surface area contributed by atoms with Crippen LogP contribution in [0.2, 0.25) is 0 Å². The Balaban J connectivity index is 2.53. The lowest BCUT2D eigenvalue weighted by Gasteiger charge is -2.14. The van der Waals surface area contributed by atoms with Crippen molar-refractivity contribution in [3.63, 3.8) is 0 Å². The van der Waals surface area contributed by atoms with E-state index in [0.29, 0.717) is 11.8 Å². The molecule has 0 aliphatic heterocycles. The molecule has 1 aromatic heterocycles. The molecule has 6 nitrogen and oxygen atoms in total. The lowest BCUT2D eigenvalue weighted by atomic mass is 10.0. The molecule has 7 heteroatoms. The Bertz CT molecular complexity index is 522. The van der Waals surface area contributed by atoms with Gasteiger partial charge < -0.3 is 15.2 Å². The molecule has 0 aliphatic carbocycles. The van der Waals surface area contributed by atoms with E-state index in [4.69, 9.17) is 4.99 Å². The number of aliphatic imine (C=N–C) groups is 1. The predicted molar refractivity (Wildman–Crippen MR) is 113 cm³/mol. The minimum atomic E-state index is 0.589. The number of guanidine groups is 1. The quantitative estimate of drug-likeness (QED) is 0.250. The second-order valence-electron chi connectivity index (χ2n) is 7.04. The predicted octanol–water partition coefficient (Wildman–Crippen LogP) is 3.58. The van der Waals surface area contributed by atoms with E-state index in [9.17, 15) is 0 Å². The number of rotatable bonds is 12. The van der Waals surface area contributed by atoms with E-state index in [0.717, 1.165) is 56.0 Å². The molecule has 1 aromatic rings. The first-order valence-corrected chi connectivity index (χ1v) is 11.3. The summed E-state index contributed by atoms with van der Waals surface area (Å²) in [6, 6.07) is 0. The number of nitrogens with zero attached hydrogens (tertiary/aromatic N) is 4. The topological polar surface area (TPSA) is 67.1 Å². The first kappa shape index (κ1) is 22.8. The highest BCUT2D eigenvalue weighted by Crippen LogP contribution is 2.16. The zero-order valence-corrected chi connectivity index (χ0v) is 18.3. The zero-order chi connectivity index (χ0) is 19.4. The fraction of sp³-hybridized carbons (Fsp3) is 0.842. The fourth-order valence-corrected chi connectivity index (χ4v) is 3.29. The van der Waals surface area contributed by atoms with Crippen LogP contribution in [0.3, 0.4) is 0 Å². The van der Waals surface area contributed by atoms with E-state index in [1.54, 1.807) is 11.8 Å². The summed E-state index contributed by atoms with van der Waals surface area (Å²) in [5, 5.41) is 16.5. The number of nitrogens with one attached hydrogen (secondary N) is 2. The Morgan fingerprint density at radius 2 is 1.88 bits per heavy atom. The van der Waals surface area contributed by atoms with E-state index < -0.39 is 0 Å². The third-order valence-electron chi connectivity index (χ3n) is 4.40. The molecule has 2 N–H and O–H groups in total. The minimum Gasteiger partial charge on any atom is -0.357 e. The van der Waals surface area contributed by atoms with Crippen molar-refractivity contribution < 1.29 is 0 Å². The van der Waals surface area contributed by atoms with Gasteiger partial charge in [-0.15, -0.1) is 10.2 Å². The molecule has 0 spiro atoms. The van der Waals surface area contributed by atoms with Crippen molar-refractivity contribution in [1.82, 2.24) is 25.4 Å². The van der Waals surface area contributed by atoms with Gasteiger partial charge in [-0.2, -0.15) is 0 Å². The van der Waals surface area contributed by atoms with Crippen molar-refractivity contribution in [2.75, 3.05) is 25.9 Å². The highest BCUT2D eigenvalue weighted by Gasteiger charge is 2.12. The third kappa shape index (κ3) is 7.98. The summed E-state index contributed by atoms with van der Waals surface area (Å²) in [6.07, 6.45) is 6.37. The highest BCUT2D eigenvalue weighted by molar-refractivity contribution is 7.98. The van der Waals surface area contributed by atoms with Crippen LogP contribution in [-0.2, 0) is 13.0 Å². The molecule has 1 rings (SSSR count). The molecular weight excluding hydrogens is 344 g/mol. The normalized spacial score (nSPS) is 12.2. The van der Waals surface area contributed by atoms with Gasteiger partial charge in [-0.25, -0.2) is 0 Å². The summed E-state index contributed by atoms with van der Waals surface area (Å²) < 4.78 is 2.27. The molecule has 0 atom stereocenters. The smallest absolute Gasteiger partial charge is 0.191 e. The van der Waals surface area contributed by atoms with Gasteiger partial charge in [-0.1, -0.05) is 52.3 Å². The van der Waals surface area contributed by atoms with Crippen molar-refractivity contribution in [2.45, 2.75) is 72.0 Å². The molecule has 0 aromatic carbocycles. The molecule has 150 valence electrons. The lowest BCUT2D eigenvalue weighted by Crippen LogP contribution is -2.38. The van der Waals surface area contributed by atoms with Crippen LogP contribution in [0.5, 0.6) is 0 Å². The van der Waals surface area contributed by atoms with Crippen molar-refractivity contribution in [1.29, 1.82) is 0 Å². The molecule has 0 aliphatic rings. The van der Waals surface area contributed by atoms with Gasteiger partial charge in [-0.3, -0.25) is 4.99 Å². The Hall–Kier alpha value is -1.24. The van der Waals surface area contributed by atoms with Gasteiger partial charge in [0.05, 0.1) is 0 Å². The molecule has 0 bridgehead atoms. The van der Waals surface area contributed by atoms with E-state index in [-0.39, 0.29) is 0 Å². The molecule has 26 heavy (non-hydrogen) atoms. The molecule has 0 saturated heterocycles. The molecule has 0 fully saturated rings. The fourth-order valence-electron chi connectivity index (χ4n) is 2.77. The summed E-state index contributed by atoms with van der Waals surface area (Å²) in [5.74, 6) is 3.27. The number of hydrogen-bond acceptors (Lipinski definition) is 4. The van der Waals surface area contributed by atoms with Gasteiger partial charge in [0.2, 0.25) is 0 Å². The monoisotopic (exact) mass is 382 g/mol. The molecular formula is C19H38N6S. The Kier molecular flexibility index (Phi) is 11.4. The summed E-state index contributed by atoms with van der Waals surface area (Å²) in [7, 11) is 0. The summed E-state index contributed by atoms with van der Waals surface area (Å²) in [5.41, 5.74) is 0. The molecule has 1 heterocycles. The largest absolute Gasteiger partial charge is 0.357 e. The number of aromatic nitrogens is 3. The van der Waals surface area contributed by atoms with Crippen LogP contribution in [-0.4, -0.2) is 46.6 Å². The van der Waals surface area contributed by atoms with Crippen LogP contribution >= 0.6 is 11.8 Å². The van der Waals surface area contributed by atoms with Gasteiger partial charge in [0.1, 0.15) is 5.82 Å². The van der Waals surface area contributed by atoms with Gasteiger partial charge in [0.15, 0.2) is 11.1 Å². The van der Waals surface area contributed by atoms with Gasteiger partial charge in [0.25, 0.3) is 0 Å². The average Bonchev–Trinajstić information content (AvgIpc) is 3.00. The van der Waals surface area contributed by atoms with Crippen LogP contribution in [0.4, 0.5) is 0 Å². The number of thioether (sulfide) groups is 1. The van der Waals surface area contributed by atoms with Crippen LogP contribution < -0.4 is 10.6 Å². The molecule has 0 radical (unpaired) electrons. The Labute approximate surface area is 164 Å². The van der Waals surface area contributed by atoms with Crippen molar-refractivity contribution >= 4 is 17.7 Å². The Morgan fingerprint density at radius 1 is 1.15 bits per heavy atom. The SMILES string of the molecule is CCNC(=NCC(CC)CC)NCCCc1nnc(SC)n1CC(C)C. The van der Waals surface area contributed by atoms with E-state index in [1.807, 2.05) is 0 Å². The maximum atomic E-state index is 4.73. The molecule has 0 unspecified atom stereocenters. The molecule has 0 amide bonds. The van der Waals surface area contributed by atoms with E-state index >= 15 is 0 Å². The summed E-state index contributed by atoms with van der Waals surface area (Å²) in [6.45, 7) is 14.7. The zero-order valence-electron chi connectivity index (χ0n) is 17.5. The number of hydrogen-bond donors (Lipinski definition) is 2. The highest BCUT2D eigenvalue weighted by atomic mass is 32.2. The lowest BCUT2D eigenvalue weighted by molar-refractivity contribution is 0.477. The maximum Gasteiger partial charge on any atom is 0.191 e. The summed E-state index contributed by atoms with van der Waals surface area (Å²) >= 11 is 1.67. The van der Waals surface area contributed by atoms with Crippen LogP contribution in [0.25, 0.3) is 0 Å². The van der Waals surface area contributed by atoms with Crippen molar-refractivity contribution in [2.24, 2.45) is 16.8 Å². The first-order valence-electron chi connectivity index (χ1n) is 10.0. The van der Waals surface area contributed by atoms with E-state index in [1.165, 1.54) is 12.8 Å². The minimum absolute atomic E-state index is 0.589. The number of aryl methyl sites for hydroxylation is 1. The van der Waals surface area contributed by atoms with Crippen LogP contribution in [0, 0.1) is 11.8 Å². The van der Waals surface area contributed by atoms with Crippen molar-refractivity contribution in [3.8, 4) is 0 Å². The molecule has 0 saturated carbocycles. The standard InChI is InChI=1S/C19H38N6S/c1-7-16(8-2)13-22-18(20-9-3)21-12-10-11-17-23-24-19(26-6)25(17)14-15(4)5/h15-16H,7-14H2,1-6H3,(H2,20,21,22). The van der Waals surface area contributed by atoms with Gasteiger partial charge >= 0.3 is 0 Å². The van der Waals surface area contributed by atoms with Crippen molar-refractivity contribution in [3.05, 3.63) is 5.82 Å². The maximum absolute atomic E-state index is 4.73. The second-order valence-corrected chi connectivity index (χ2v) is 7.81. The van der Waals surface area contributed by atoms with Gasteiger partial charge in [0, 0.05) is 32.6 Å². The Morgan fingerprint density at radius 3 is 2.46 bits per heavy atom. The summed E-state index contributed by atoms with van der Waals surface area (Å²) in [4.78, 5) is 4.73. The second kappa shape index (κ2) is 13.0. The van der Waals surface area contributed by atoms with Gasteiger partial charge in [-0.05, 0) is 31.4 Å². The van der Waals surface area contributed by atoms with Crippen LogP contribution in [0.15, 0.2) is 10.1 Å².